The van der Waals surface area contributed by atoms with Gasteiger partial charge in [0.1, 0.15) is 5.76 Å². The van der Waals surface area contributed by atoms with Crippen LogP contribution in [0.15, 0.2) is 92.6 Å². The fraction of sp³-hybridized carbons (Fsp3) is 0.0526. The number of furan rings is 1. The smallest absolute Gasteiger partial charge is 0.251 e. The van der Waals surface area contributed by atoms with Gasteiger partial charge in [-0.05, 0) is 52.0 Å². The Balaban J connectivity index is 1.39. The molecule has 0 aliphatic rings. The van der Waals surface area contributed by atoms with Crippen molar-refractivity contribution in [2.24, 2.45) is 5.10 Å². The second kappa shape index (κ2) is 8.93. The Morgan fingerprint density at radius 3 is 2.53 bits per heavy atom. The Kier molecular flexibility index (Phi) is 5.91. The summed E-state index contributed by atoms with van der Waals surface area (Å²) in [6.07, 6.45) is 1.30. The van der Waals surface area contributed by atoms with Gasteiger partial charge in [-0.3, -0.25) is 0 Å². The summed E-state index contributed by atoms with van der Waals surface area (Å²) in [4.78, 5) is 2.18. The molecule has 11 heteroatoms. The minimum absolute atomic E-state index is 0.160. The summed E-state index contributed by atoms with van der Waals surface area (Å²) < 4.78 is 31.4. The third-order valence-corrected chi connectivity index (χ3v) is 5.77. The summed E-state index contributed by atoms with van der Waals surface area (Å²) in [5.74, 6) is 0.227. The van der Waals surface area contributed by atoms with E-state index in [4.69, 9.17) is 4.42 Å². The molecule has 30 heavy (non-hydrogen) atoms. The van der Waals surface area contributed by atoms with Crippen molar-refractivity contribution < 1.29 is 12.8 Å². The zero-order valence-electron chi connectivity index (χ0n) is 15.5. The third-order valence-electron chi connectivity index (χ3n) is 3.82. The quantitative estimate of drug-likeness (QED) is 0.331. The lowest BCUT2D eigenvalue weighted by atomic mass is 10.2. The lowest BCUT2D eigenvalue weighted by Crippen LogP contribution is -2.20. The Bertz CT molecular complexity index is 1240. The Morgan fingerprint density at radius 2 is 1.77 bits per heavy atom. The number of rotatable bonds is 8. The summed E-state index contributed by atoms with van der Waals surface area (Å²) in [5.41, 5.74) is 1.50. The number of hydrogen-bond acceptors (Lipinski definition) is 8. The van der Waals surface area contributed by atoms with Gasteiger partial charge in [0.25, 0.3) is 10.0 Å². The van der Waals surface area contributed by atoms with Crippen molar-refractivity contribution in [2.75, 3.05) is 0 Å². The molecule has 4 aromatic rings. The SMILES string of the molecule is O=S(=O)(Cc1ccccc1)N/N=C/c1ccc(Sc2nnnn2-c2ccccc2)o1. The van der Waals surface area contributed by atoms with E-state index in [9.17, 15) is 8.42 Å². The lowest BCUT2D eigenvalue weighted by molar-refractivity contribution is 0.468. The van der Waals surface area contributed by atoms with Crippen molar-refractivity contribution in [3.05, 3.63) is 84.1 Å². The van der Waals surface area contributed by atoms with Crippen LogP contribution in [0.25, 0.3) is 5.69 Å². The number of nitrogens with one attached hydrogen (secondary N) is 1. The molecule has 2 aromatic heterocycles. The van der Waals surface area contributed by atoms with Crippen LogP contribution in [-0.4, -0.2) is 34.8 Å². The summed E-state index contributed by atoms with van der Waals surface area (Å²) in [5, 5.41) is 16.6. The first kappa shape index (κ1) is 19.9. The van der Waals surface area contributed by atoms with Gasteiger partial charge in [-0.2, -0.15) is 9.78 Å². The van der Waals surface area contributed by atoms with E-state index in [0.717, 1.165) is 5.69 Å². The first-order valence-electron chi connectivity index (χ1n) is 8.77. The second-order valence-electron chi connectivity index (χ2n) is 6.06. The van der Waals surface area contributed by atoms with Crippen molar-refractivity contribution in [3.8, 4) is 5.69 Å². The minimum atomic E-state index is -3.60. The molecule has 2 heterocycles. The molecule has 0 bridgehead atoms. The number of para-hydroxylation sites is 1. The van der Waals surface area contributed by atoms with E-state index in [2.05, 4.69) is 25.5 Å². The number of hydrogen-bond donors (Lipinski definition) is 1. The Hall–Kier alpha value is -3.44. The maximum absolute atomic E-state index is 12.1. The topological polar surface area (TPSA) is 115 Å². The summed E-state index contributed by atoms with van der Waals surface area (Å²) in [6.45, 7) is 0. The number of aromatic nitrogens is 4. The average molecular weight is 441 g/mol. The molecule has 9 nitrogen and oxygen atoms in total. The zero-order chi connectivity index (χ0) is 20.8. The molecular weight excluding hydrogens is 424 g/mol. The maximum atomic E-state index is 12.1. The van der Waals surface area contributed by atoms with Crippen LogP contribution in [-0.2, 0) is 15.8 Å². The highest BCUT2D eigenvalue weighted by Crippen LogP contribution is 2.28. The number of tetrazole rings is 1. The molecule has 2 aromatic carbocycles. The zero-order valence-corrected chi connectivity index (χ0v) is 17.1. The highest BCUT2D eigenvalue weighted by atomic mass is 32.2. The molecule has 0 aliphatic carbocycles. The van der Waals surface area contributed by atoms with E-state index < -0.39 is 10.0 Å². The summed E-state index contributed by atoms with van der Waals surface area (Å²) in [6, 6.07) is 21.8. The van der Waals surface area contributed by atoms with Crippen LogP contribution in [0.1, 0.15) is 11.3 Å². The van der Waals surface area contributed by atoms with Gasteiger partial charge < -0.3 is 4.42 Å². The van der Waals surface area contributed by atoms with Gasteiger partial charge in [-0.15, -0.1) is 5.10 Å². The van der Waals surface area contributed by atoms with Gasteiger partial charge in [0.05, 0.1) is 17.7 Å². The van der Waals surface area contributed by atoms with Crippen LogP contribution in [0.2, 0.25) is 0 Å². The van der Waals surface area contributed by atoms with E-state index in [1.54, 1.807) is 41.1 Å². The number of benzene rings is 2. The van der Waals surface area contributed by atoms with Crippen LogP contribution in [0.3, 0.4) is 0 Å². The molecule has 0 fully saturated rings. The van der Waals surface area contributed by atoms with Gasteiger partial charge in [0, 0.05) is 0 Å². The summed E-state index contributed by atoms with van der Waals surface area (Å²) >= 11 is 1.24. The molecule has 0 aliphatic heterocycles. The fourth-order valence-corrected chi connectivity index (χ4v) is 4.19. The van der Waals surface area contributed by atoms with Crippen molar-refractivity contribution >= 4 is 28.0 Å². The molecule has 0 saturated heterocycles. The van der Waals surface area contributed by atoms with E-state index in [0.29, 0.717) is 21.6 Å². The fourth-order valence-electron chi connectivity index (χ4n) is 2.52. The second-order valence-corrected chi connectivity index (χ2v) is 8.73. The lowest BCUT2D eigenvalue weighted by Gasteiger charge is -2.02. The molecule has 0 saturated carbocycles. The Labute approximate surface area is 176 Å². The predicted molar refractivity (Wildman–Crippen MR) is 112 cm³/mol. The molecule has 0 radical (unpaired) electrons. The molecule has 0 unspecified atom stereocenters. The molecule has 152 valence electrons. The molecule has 0 atom stereocenters. The van der Waals surface area contributed by atoms with E-state index in [1.165, 1.54) is 18.0 Å². The van der Waals surface area contributed by atoms with Crippen LogP contribution >= 0.6 is 11.8 Å². The number of nitrogens with zero attached hydrogens (tertiary/aromatic N) is 5. The molecule has 0 amide bonds. The first-order chi connectivity index (χ1) is 14.6. The summed E-state index contributed by atoms with van der Waals surface area (Å²) in [7, 11) is -3.60. The number of hydrazone groups is 1. The van der Waals surface area contributed by atoms with Crippen LogP contribution in [0.4, 0.5) is 0 Å². The standard InChI is InChI=1S/C19H16N6O3S2/c26-30(27,14-15-7-3-1-4-8-15)24-20-13-17-11-12-18(28-17)29-19-21-22-23-25(19)16-9-5-2-6-10-16/h1-13,24H,14H2/b20-13+. The molecular formula is C19H16N6O3S2. The van der Waals surface area contributed by atoms with Gasteiger partial charge >= 0.3 is 0 Å². The Morgan fingerprint density at radius 1 is 1.03 bits per heavy atom. The molecule has 1 N–H and O–H groups in total. The van der Waals surface area contributed by atoms with E-state index >= 15 is 0 Å². The largest absolute Gasteiger partial charge is 0.448 e. The van der Waals surface area contributed by atoms with Gasteiger partial charge in [0.15, 0.2) is 5.09 Å². The minimum Gasteiger partial charge on any atom is -0.448 e. The van der Waals surface area contributed by atoms with Gasteiger partial charge in [0.2, 0.25) is 5.16 Å². The highest BCUT2D eigenvalue weighted by Gasteiger charge is 2.13. The molecule has 4 rings (SSSR count). The normalized spacial score (nSPS) is 11.7. The van der Waals surface area contributed by atoms with Crippen molar-refractivity contribution in [3.63, 3.8) is 0 Å². The van der Waals surface area contributed by atoms with Crippen molar-refractivity contribution in [2.45, 2.75) is 16.0 Å². The molecule has 0 spiro atoms. The van der Waals surface area contributed by atoms with Crippen LogP contribution in [0, 0.1) is 0 Å². The first-order valence-corrected chi connectivity index (χ1v) is 11.2. The van der Waals surface area contributed by atoms with E-state index in [1.807, 2.05) is 36.4 Å². The highest BCUT2D eigenvalue weighted by molar-refractivity contribution is 7.99. The van der Waals surface area contributed by atoms with Gasteiger partial charge in [-0.1, -0.05) is 48.5 Å². The van der Waals surface area contributed by atoms with Crippen molar-refractivity contribution in [1.82, 2.24) is 25.0 Å². The van der Waals surface area contributed by atoms with Crippen LogP contribution < -0.4 is 4.83 Å². The van der Waals surface area contributed by atoms with E-state index in [-0.39, 0.29) is 5.75 Å². The van der Waals surface area contributed by atoms with Crippen LogP contribution in [0.5, 0.6) is 0 Å². The monoisotopic (exact) mass is 440 g/mol. The average Bonchev–Trinajstić information content (AvgIpc) is 3.39. The predicted octanol–water partition coefficient (Wildman–Crippen LogP) is 2.86. The van der Waals surface area contributed by atoms with Crippen molar-refractivity contribution in [1.29, 1.82) is 0 Å². The third kappa shape index (κ3) is 5.13. The van der Waals surface area contributed by atoms with Gasteiger partial charge in [-0.25, -0.2) is 13.2 Å². The maximum Gasteiger partial charge on any atom is 0.251 e. The number of sulfonamides is 1.